The molecule has 1 aromatic rings. The number of rotatable bonds is 5. The Labute approximate surface area is 99.6 Å². The van der Waals surface area contributed by atoms with Crippen LogP contribution < -0.4 is 5.32 Å². The number of hydrogen-bond donors (Lipinski definition) is 1. The van der Waals surface area contributed by atoms with Gasteiger partial charge in [0.25, 0.3) is 0 Å². The number of hydrogen-bond acceptors (Lipinski definition) is 1. The Morgan fingerprint density at radius 1 is 1.29 bits per heavy atom. The average molecular weight is 274 g/mol. The van der Waals surface area contributed by atoms with Crippen LogP contribution in [0.5, 0.6) is 0 Å². The molecule has 0 unspecified atom stereocenters. The van der Waals surface area contributed by atoms with Crippen LogP contribution in [-0.4, -0.2) is 18.9 Å². The van der Waals surface area contributed by atoms with E-state index in [4.69, 9.17) is 11.6 Å². The van der Waals surface area contributed by atoms with Crippen molar-refractivity contribution in [3.8, 4) is 0 Å². The first-order chi connectivity index (χ1) is 7.83. The first-order valence-electron chi connectivity index (χ1n) is 4.63. The molecule has 0 heterocycles. The third-order valence-electron chi connectivity index (χ3n) is 2.00. The van der Waals surface area contributed by atoms with E-state index in [1.54, 1.807) is 0 Å². The molecule has 0 aliphatic rings. The molecule has 1 nitrogen and oxygen atoms in total. The molecule has 1 N–H and O–H groups in total. The molecule has 1 aromatic carbocycles. The zero-order valence-corrected chi connectivity index (χ0v) is 9.25. The van der Waals surface area contributed by atoms with E-state index in [-0.39, 0.29) is 17.1 Å². The highest BCUT2D eigenvalue weighted by atomic mass is 35.5. The molecule has 0 spiro atoms. The van der Waals surface area contributed by atoms with Crippen LogP contribution in [-0.2, 0) is 6.54 Å². The average Bonchev–Trinajstić information content (AvgIpc) is 2.22. The molecule has 96 valence electrons. The second-order valence-corrected chi connectivity index (χ2v) is 3.84. The highest BCUT2D eigenvalue weighted by Crippen LogP contribution is 2.22. The molecule has 0 radical (unpaired) electrons. The lowest BCUT2D eigenvalue weighted by atomic mass is 10.2. The maximum absolute atomic E-state index is 13.1. The molecular formula is C10H9ClF5N. The fourth-order valence-corrected chi connectivity index (χ4v) is 1.31. The fourth-order valence-electron chi connectivity index (χ4n) is 1.12. The molecule has 0 saturated heterocycles. The monoisotopic (exact) mass is 273 g/mol. The van der Waals surface area contributed by atoms with Gasteiger partial charge >= 0.3 is 12.3 Å². The van der Waals surface area contributed by atoms with Crippen LogP contribution >= 0.6 is 11.6 Å². The van der Waals surface area contributed by atoms with Crippen molar-refractivity contribution < 1.29 is 22.0 Å². The first-order valence-corrected chi connectivity index (χ1v) is 5.01. The lowest BCUT2D eigenvalue weighted by Crippen LogP contribution is -2.38. The van der Waals surface area contributed by atoms with Crippen molar-refractivity contribution in [2.24, 2.45) is 0 Å². The van der Waals surface area contributed by atoms with Gasteiger partial charge in [-0.3, -0.25) is 0 Å². The van der Waals surface area contributed by atoms with Crippen molar-refractivity contribution in [2.75, 3.05) is 6.54 Å². The van der Waals surface area contributed by atoms with Crippen molar-refractivity contribution in [1.82, 2.24) is 5.32 Å². The highest BCUT2D eigenvalue weighted by molar-refractivity contribution is 6.30. The van der Waals surface area contributed by atoms with Crippen LogP contribution in [0.4, 0.5) is 22.0 Å². The summed E-state index contributed by atoms with van der Waals surface area (Å²) in [5.74, 6) is -4.77. The van der Waals surface area contributed by atoms with E-state index in [9.17, 15) is 22.0 Å². The molecule has 0 atom stereocenters. The van der Waals surface area contributed by atoms with Gasteiger partial charge in [0, 0.05) is 17.1 Å². The Bertz CT molecular complexity index is 383. The summed E-state index contributed by atoms with van der Waals surface area (Å²) in [6.07, 6.45) is -3.75. The Hall–Kier alpha value is -0.880. The summed E-state index contributed by atoms with van der Waals surface area (Å²) in [6.45, 7) is -1.52. The van der Waals surface area contributed by atoms with Gasteiger partial charge < -0.3 is 5.32 Å². The van der Waals surface area contributed by atoms with E-state index in [0.29, 0.717) is 0 Å². The standard InChI is InChI=1S/C10H9ClF5N/c11-7-1-2-8(12)6(3-7)4-17-5-10(15,16)9(13)14/h1-3,9,17H,4-5H2. The summed E-state index contributed by atoms with van der Waals surface area (Å²) in [4.78, 5) is 0. The first kappa shape index (κ1) is 14.2. The lowest BCUT2D eigenvalue weighted by Gasteiger charge is -2.15. The van der Waals surface area contributed by atoms with Crippen LogP contribution in [0, 0.1) is 5.82 Å². The molecular weight excluding hydrogens is 265 g/mol. The summed E-state index contributed by atoms with van der Waals surface area (Å²) >= 11 is 5.57. The van der Waals surface area contributed by atoms with Crippen molar-refractivity contribution in [1.29, 1.82) is 0 Å². The van der Waals surface area contributed by atoms with Gasteiger partial charge in [0.05, 0.1) is 6.54 Å². The second kappa shape index (κ2) is 5.64. The van der Waals surface area contributed by atoms with Crippen LogP contribution in [0.3, 0.4) is 0 Å². The third kappa shape index (κ3) is 4.12. The molecule has 0 amide bonds. The van der Waals surface area contributed by atoms with Crippen molar-refractivity contribution in [2.45, 2.75) is 18.9 Å². The van der Waals surface area contributed by atoms with Crippen molar-refractivity contribution in [3.63, 3.8) is 0 Å². The summed E-state index contributed by atoms with van der Waals surface area (Å²) in [5, 5.41) is 2.30. The van der Waals surface area contributed by atoms with Crippen LogP contribution in [0.2, 0.25) is 5.02 Å². The molecule has 0 bridgehead atoms. The minimum Gasteiger partial charge on any atom is -0.307 e. The van der Waals surface area contributed by atoms with E-state index in [1.165, 1.54) is 12.1 Å². The number of benzene rings is 1. The van der Waals surface area contributed by atoms with E-state index in [0.717, 1.165) is 6.07 Å². The van der Waals surface area contributed by atoms with Crippen LogP contribution in [0.1, 0.15) is 5.56 Å². The SMILES string of the molecule is Fc1ccc(Cl)cc1CNCC(F)(F)C(F)F. The maximum Gasteiger partial charge on any atom is 0.319 e. The van der Waals surface area contributed by atoms with Gasteiger partial charge in [0.15, 0.2) is 0 Å². The van der Waals surface area contributed by atoms with Gasteiger partial charge in [-0.25, -0.2) is 13.2 Å². The fraction of sp³-hybridized carbons (Fsp3) is 0.400. The molecule has 17 heavy (non-hydrogen) atoms. The summed E-state index contributed by atoms with van der Waals surface area (Å²) in [5.41, 5.74) is 0.0440. The highest BCUT2D eigenvalue weighted by Gasteiger charge is 2.39. The molecule has 1 rings (SSSR count). The summed E-state index contributed by atoms with van der Waals surface area (Å²) in [7, 11) is 0. The predicted molar refractivity (Wildman–Crippen MR) is 54.1 cm³/mol. The van der Waals surface area contributed by atoms with E-state index < -0.39 is 24.7 Å². The van der Waals surface area contributed by atoms with Gasteiger partial charge in [-0.05, 0) is 18.2 Å². The summed E-state index contributed by atoms with van der Waals surface area (Å²) in [6, 6.07) is 3.61. The zero-order chi connectivity index (χ0) is 13.1. The van der Waals surface area contributed by atoms with E-state index in [2.05, 4.69) is 5.32 Å². The van der Waals surface area contributed by atoms with Gasteiger partial charge in [0.2, 0.25) is 0 Å². The van der Waals surface area contributed by atoms with Gasteiger partial charge in [-0.15, -0.1) is 0 Å². The minimum atomic E-state index is -4.13. The van der Waals surface area contributed by atoms with E-state index in [1.807, 2.05) is 0 Å². The van der Waals surface area contributed by atoms with Gasteiger partial charge in [-0.1, -0.05) is 11.6 Å². The Morgan fingerprint density at radius 2 is 1.94 bits per heavy atom. The van der Waals surface area contributed by atoms with Crippen molar-refractivity contribution in [3.05, 3.63) is 34.6 Å². The topological polar surface area (TPSA) is 12.0 Å². The molecule has 0 aliphatic carbocycles. The van der Waals surface area contributed by atoms with Gasteiger partial charge in [0.1, 0.15) is 5.82 Å². The maximum atomic E-state index is 13.1. The lowest BCUT2D eigenvalue weighted by molar-refractivity contribution is -0.125. The Balaban J connectivity index is 2.54. The van der Waals surface area contributed by atoms with E-state index >= 15 is 0 Å². The van der Waals surface area contributed by atoms with Crippen molar-refractivity contribution >= 4 is 11.6 Å². The quantitative estimate of drug-likeness (QED) is 0.810. The molecule has 0 aliphatic heterocycles. The number of alkyl halides is 4. The molecule has 0 saturated carbocycles. The number of nitrogens with one attached hydrogen (secondary N) is 1. The van der Waals surface area contributed by atoms with Gasteiger partial charge in [-0.2, -0.15) is 8.78 Å². The minimum absolute atomic E-state index is 0.0440. The summed E-state index contributed by atoms with van der Waals surface area (Å²) < 4.78 is 61.7. The molecule has 0 aromatic heterocycles. The second-order valence-electron chi connectivity index (χ2n) is 3.40. The Kier molecular flexibility index (Phi) is 4.70. The third-order valence-corrected chi connectivity index (χ3v) is 2.24. The molecule has 0 fully saturated rings. The smallest absolute Gasteiger partial charge is 0.307 e. The zero-order valence-electron chi connectivity index (χ0n) is 8.49. The van der Waals surface area contributed by atoms with Crippen LogP contribution in [0.25, 0.3) is 0 Å². The normalized spacial score (nSPS) is 12.2. The molecule has 7 heteroatoms. The number of halogens is 6. The Morgan fingerprint density at radius 3 is 2.53 bits per heavy atom. The largest absolute Gasteiger partial charge is 0.319 e. The van der Waals surface area contributed by atoms with Crippen LogP contribution in [0.15, 0.2) is 18.2 Å². The predicted octanol–water partition coefficient (Wildman–Crippen LogP) is 3.47.